The first kappa shape index (κ1) is 19.1. The van der Waals surface area contributed by atoms with Crippen molar-refractivity contribution in [2.24, 2.45) is 5.10 Å². The van der Waals surface area contributed by atoms with Crippen molar-refractivity contribution in [2.75, 3.05) is 10.3 Å². The number of non-ortho nitro benzene ring substituents is 1. The van der Waals surface area contributed by atoms with Crippen LogP contribution >= 0.6 is 11.3 Å². The van der Waals surface area contributed by atoms with Crippen molar-refractivity contribution < 1.29 is 14.1 Å². The smallest absolute Gasteiger partial charge is 0.271 e. The number of nitrogens with one attached hydrogen (secondary N) is 1. The quantitative estimate of drug-likeness (QED) is 0.378. The molecule has 2 aromatic carbocycles. The Kier molecular flexibility index (Phi) is 5.70. The van der Waals surface area contributed by atoms with Gasteiger partial charge in [0.05, 0.1) is 28.2 Å². The number of hydrogen-bond acceptors (Lipinski definition) is 7. The van der Waals surface area contributed by atoms with Gasteiger partial charge in [0, 0.05) is 24.4 Å². The van der Waals surface area contributed by atoms with E-state index in [9.17, 15) is 19.3 Å². The molecule has 10 heteroatoms. The van der Waals surface area contributed by atoms with Gasteiger partial charge in [0.2, 0.25) is 5.91 Å². The van der Waals surface area contributed by atoms with Crippen molar-refractivity contribution in [3.63, 3.8) is 0 Å². The Labute approximate surface area is 163 Å². The van der Waals surface area contributed by atoms with E-state index in [2.05, 4.69) is 15.5 Å². The molecule has 0 saturated carbocycles. The zero-order chi connectivity index (χ0) is 20.1. The molecule has 1 aromatic heterocycles. The highest BCUT2D eigenvalue weighted by atomic mass is 32.1. The predicted octanol–water partition coefficient (Wildman–Crippen LogP) is 4.32. The van der Waals surface area contributed by atoms with Gasteiger partial charge in [-0.05, 0) is 18.2 Å². The van der Waals surface area contributed by atoms with Gasteiger partial charge in [0.1, 0.15) is 5.82 Å². The summed E-state index contributed by atoms with van der Waals surface area (Å²) in [6.45, 7) is 1.32. The SMILES string of the molecule is CC(=O)N(c1nc(/C=N\Nc2cccc([N+](=O)[O-])c2)cs1)c1ccccc1F. The van der Waals surface area contributed by atoms with Gasteiger partial charge in [0.15, 0.2) is 5.13 Å². The number of amides is 1. The summed E-state index contributed by atoms with van der Waals surface area (Å²) in [6, 6.07) is 11.8. The summed E-state index contributed by atoms with van der Waals surface area (Å²) < 4.78 is 14.1. The molecule has 0 atom stereocenters. The lowest BCUT2D eigenvalue weighted by Gasteiger charge is -2.18. The van der Waals surface area contributed by atoms with Crippen LogP contribution in [-0.2, 0) is 4.79 Å². The maximum absolute atomic E-state index is 14.1. The van der Waals surface area contributed by atoms with E-state index in [0.717, 1.165) is 11.3 Å². The average molecular weight is 399 g/mol. The fourth-order valence-corrected chi connectivity index (χ4v) is 3.17. The van der Waals surface area contributed by atoms with E-state index in [1.54, 1.807) is 17.5 Å². The van der Waals surface area contributed by atoms with E-state index < -0.39 is 10.7 Å². The largest absolute Gasteiger partial charge is 0.278 e. The molecule has 1 N–H and O–H groups in total. The Morgan fingerprint density at radius 2 is 2.11 bits per heavy atom. The van der Waals surface area contributed by atoms with Gasteiger partial charge in [-0.1, -0.05) is 18.2 Å². The number of nitrogens with zero attached hydrogens (tertiary/aromatic N) is 4. The number of benzene rings is 2. The van der Waals surface area contributed by atoms with Crippen LogP contribution in [0.4, 0.5) is 26.6 Å². The maximum atomic E-state index is 14.1. The molecule has 3 rings (SSSR count). The fourth-order valence-electron chi connectivity index (χ4n) is 2.34. The molecule has 142 valence electrons. The van der Waals surface area contributed by atoms with E-state index in [-0.39, 0.29) is 17.3 Å². The van der Waals surface area contributed by atoms with Crippen LogP contribution in [0.25, 0.3) is 0 Å². The number of carbonyl (C=O) groups is 1. The van der Waals surface area contributed by atoms with Crippen LogP contribution in [0.15, 0.2) is 59.0 Å². The van der Waals surface area contributed by atoms with Gasteiger partial charge < -0.3 is 0 Å². The van der Waals surface area contributed by atoms with Crippen molar-refractivity contribution in [1.82, 2.24) is 4.98 Å². The molecule has 0 spiro atoms. The molecule has 0 aliphatic rings. The van der Waals surface area contributed by atoms with E-state index in [4.69, 9.17) is 0 Å². The third kappa shape index (κ3) is 4.35. The van der Waals surface area contributed by atoms with Crippen molar-refractivity contribution in [2.45, 2.75) is 6.92 Å². The minimum absolute atomic E-state index is 0.0573. The topological polar surface area (TPSA) is 101 Å². The number of thiazole rings is 1. The minimum atomic E-state index is -0.532. The highest BCUT2D eigenvalue weighted by Gasteiger charge is 2.20. The molecule has 0 aliphatic heterocycles. The summed E-state index contributed by atoms with van der Waals surface area (Å²) in [5.74, 6) is -0.909. The Balaban J connectivity index is 1.77. The molecule has 0 saturated heterocycles. The highest BCUT2D eigenvalue weighted by Crippen LogP contribution is 2.30. The molecule has 0 aliphatic carbocycles. The van der Waals surface area contributed by atoms with E-state index in [1.807, 2.05) is 0 Å². The average Bonchev–Trinajstić information content (AvgIpc) is 3.12. The van der Waals surface area contributed by atoms with Gasteiger partial charge in [0.25, 0.3) is 5.69 Å². The second-order valence-corrected chi connectivity index (χ2v) is 6.37. The molecule has 28 heavy (non-hydrogen) atoms. The Hall–Kier alpha value is -3.66. The lowest BCUT2D eigenvalue weighted by atomic mass is 10.3. The maximum Gasteiger partial charge on any atom is 0.271 e. The van der Waals surface area contributed by atoms with Crippen LogP contribution in [0.2, 0.25) is 0 Å². The number of rotatable bonds is 6. The normalized spacial score (nSPS) is 10.8. The zero-order valence-electron chi connectivity index (χ0n) is 14.6. The van der Waals surface area contributed by atoms with Crippen LogP contribution in [0.3, 0.4) is 0 Å². The predicted molar refractivity (Wildman–Crippen MR) is 106 cm³/mol. The van der Waals surface area contributed by atoms with Crippen molar-refractivity contribution in [3.05, 3.63) is 75.5 Å². The van der Waals surface area contributed by atoms with Crippen molar-refractivity contribution in [1.29, 1.82) is 0 Å². The zero-order valence-corrected chi connectivity index (χ0v) is 15.4. The van der Waals surface area contributed by atoms with Gasteiger partial charge in [-0.3, -0.25) is 25.2 Å². The number of para-hydroxylation sites is 1. The molecule has 0 radical (unpaired) electrons. The van der Waals surface area contributed by atoms with Crippen LogP contribution in [0.1, 0.15) is 12.6 Å². The Morgan fingerprint density at radius 1 is 1.32 bits per heavy atom. The summed E-state index contributed by atoms with van der Waals surface area (Å²) >= 11 is 1.16. The fraction of sp³-hybridized carbons (Fsp3) is 0.0556. The van der Waals surface area contributed by atoms with E-state index in [0.29, 0.717) is 16.5 Å². The monoisotopic (exact) mass is 399 g/mol. The highest BCUT2D eigenvalue weighted by molar-refractivity contribution is 7.14. The van der Waals surface area contributed by atoms with Crippen LogP contribution < -0.4 is 10.3 Å². The standard InChI is InChI=1S/C18H14FN5O3S/c1-12(25)23(17-8-3-2-7-16(17)19)18-21-14(11-28-18)10-20-22-13-5-4-6-15(9-13)24(26)27/h2-11,22H,1H3/b20-10-. The summed E-state index contributed by atoms with van der Waals surface area (Å²) in [5.41, 5.74) is 3.62. The molecule has 0 fully saturated rings. The number of anilines is 3. The third-order valence-corrected chi connectivity index (χ3v) is 4.40. The second-order valence-electron chi connectivity index (χ2n) is 5.54. The minimum Gasteiger partial charge on any atom is -0.278 e. The number of nitro benzene ring substituents is 1. The van der Waals surface area contributed by atoms with Gasteiger partial charge in [-0.15, -0.1) is 11.3 Å². The van der Waals surface area contributed by atoms with Gasteiger partial charge >= 0.3 is 0 Å². The molecular weight excluding hydrogens is 385 g/mol. The molecule has 8 nitrogen and oxygen atoms in total. The van der Waals surface area contributed by atoms with Crippen LogP contribution in [0.5, 0.6) is 0 Å². The van der Waals surface area contributed by atoms with Crippen LogP contribution in [0, 0.1) is 15.9 Å². The number of hydrogen-bond donors (Lipinski definition) is 1. The lowest BCUT2D eigenvalue weighted by Crippen LogP contribution is -2.23. The van der Waals surface area contributed by atoms with E-state index >= 15 is 0 Å². The number of halogens is 1. The molecule has 1 heterocycles. The molecular formula is C18H14FN5O3S. The first-order chi connectivity index (χ1) is 13.5. The Morgan fingerprint density at radius 3 is 2.82 bits per heavy atom. The summed E-state index contributed by atoms with van der Waals surface area (Å²) in [4.78, 5) is 27.8. The van der Waals surface area contributed by atoms with Crippen LogP contribution in [-0.4, -0.2) is 22.0 Å². The molecule has 0 unspecified atom stereocenters. The number of aromatic nitrogens is 1. The van der Waals surface area contributed by atoms with Crippen molar-refractivity contribution >= 4 is 45.7 Å². The number of nitro groups is 1. The Bertz CT molecular complexity index is 1050. The number of hydrazone groups is 1. The molecule has 1 amide bonds. The van der Waals surface area contributed by atoms with Crippen molar-refractivity contribution in [3.8, 4) is 0 Å². The summed E-state index contributed by atoms with van der Waals surface area (Å²) in [5, 5.41) is 16.7. The lowest BCUT2D eigenvalue weighted by molar-refractivity contribution is -0.384. The van der Waals surface area contributed by atoms with Gasteiger partial charge in [-0.2, -0.15) is 5.10 Å². The summed E-state index contributed by atoms with van der Waals surface area (Å²) in [7, 11) is 0. The first-order valence-electron chi connectivity index (χ1n) is 8.00. The van der Waals surface area contributed by atoms with E-state index in [1.165, 1.54) is 54.4 Å². The third-order valence-electron chi connectivity index (χ3n) is 3.56. The number of carbonyl (C=O) groups excluding carboxylic acids is 1. The summed E-state index contributed by atoms with van der Waals surface area (Å²) in [6.07, 6.45) is 1.40. The first-order valence-corrected chi connectivity index (χ1v) is 8.88. The second kappa shape index (κ2) is 8.35. The van der Waals surface area contributed by atoms with Gasteiger partial charge in [-0.25, -0.2) is 9.37 Å². The molecule has 3 aromatic rings. The molecule has 0 bridgehead atoms.